The van der Waals surface area contributed by atoms with Gasteiger partial charge < -0.3 is 15.4 Å². The number of carbonyl (C=O) groups is 4. The van der Waals surface area contributed by atoms with Crippen molar-refractivity contribution in [3.05, 3.63) is 98.6 Å². The van der Waals surface area contributed by atoms with E-state index < -0.39 is 23.7 Å². The van der Waals surface area contributed by atoms with Gasteiger partial charge >= 0.3 is 5.97 Å². The smallest absolute Gasteiger partial charge is 0.338 e. The lowest BCUT2D eigenvalue weighted by Crippen LogP contribution is -2.32. The number of amides is 3. The van der Waals surface area contributed by atoms with Gasteiger partial charge in [0.25, 0.3) is 17.7 Å². The molecule has 3 aromatic rings. The maximum Gasteiger partial charge on any atom is 0.338 e. The Hall–Kier alpha value is -3.85. The predicted octanol–water partition coefficient (Wildman–Crippen LogP) is 6.25. The van der Waals surface area contributed by atoms with Crippen LogP contribution in [0.2, 0.25) is 10.0 Å². The van der Waals surface area contributed by atoms with E-state index in [1.807, 2.05) is 6.92 Å². The highest BCUT2D eigenvalue weighted by Gasteiger charge is 2.39. The molecule has 0 radical (unpaired) electrons. The van der Waals surface area contributed by atoms with E-state index in [0.717, 1.165) is 4.90 Å². The fourth-order valence-electron chi connectivity index (χ4n) is 3.58. The summed E-state index contributed by atoms with van der Waals surface area (Å²) in [6, 6.07) is 16.8. The van der Waals surface area contributed by atoms with Gasteiger partial charge in [0.05, 0.1) is 17.9 Å². The zero-order chi connectivity index (χ0) is 27.4. The van der Waals surface area contributed by atoms with Gasteiger partial charge in [0.2, 0.25) is 0 Å². The number of halogens is 3. The number of nitrogens with one attached hydrogen (secondary N) is 2. The molecule has 11 heteroatoms. The van der Waals surface area contributed by atoms with Crippen molar-refractivity contribution in [2.75, 3.05) is 22.1 Å². The molecule has 0 fully saturated rings. The van der Waals surface area contributed by atoms with E-state index in [1.165, 1.54) is 30.3 Å². The molecule has 2 N–H and O–H groups in total. The average molecular weight is 573 g/mol. The first kappa shape index (κ1) is 27.2. The van der Waals surface area contributed by atoms with Crippen LogP contribution in [-0.4, -0.2) is 30.3 Å². The summed E-state index contributed by atoms with van der Waals surface area (Å²) in [6.07, 6.45) is 0.685. The van der Waals surface area contributed by atoms with E-state index in [9.17, 15) is 19.2 Å². The van der Waals surface area contributed by atoms with Crippen LogP contribution in [0.25, 0.3) is 0 Å². The number of nitrogens with zero attached hydrogens (tertiary/aromatic N) is 1. The van der Waals surface area contributed by atoms with E-state index in [-0.39, 0.29) is 34.2 Å². The summed E-state index contributed by atoms with van der Waals surface area (Å²) in [5, 5.41) is 5.96. The minimum Gasteiger partial charge on any atom is -0.462 e. The maximum atomic E-state index is 13.1. The lowest BCUT2D eigenvalue weighted by molar-refractivity contribution is -0.120. The van der Waals surface area contributed by atoms with Crippen LogP contribution >= 0.6 is 34.8 Å². The molecule has 0 aliphatic carbocycles. The van der Waals surface area contributed by atoms with Crippen LogP contribution in [0.15, 0.2) is 77.5 Å². The number of carbonyl (C=O) groups excluding carboxylic acids is 4. The fourth-order valence-corrected chi connectivity index (χ4v) is 4.32. The van der Waals surface area contributed by atoms with Crippen LogP contribution in [-0.2, 0) is 14.3 Å². The van der Waals surface area contributed by atoms with Crippen molar-refractivity contribution in [3.8, 4) is 0 Å². The monoisotopic (exact) mass is 571 g/mol. The van der Waals surface area contributed by atoms with Gasteiger partial charge in [-0.25, -0.2) is 9.69 Å². The van der Waals surface area contributed by atoms with Crippen molar-refractivity contribution in [1.82, 2.24) is 0 Å². The molecule has 0 unspecified atom stereocenters. The van der Waals surface area contributed by atoms with Crippen molar-refractivity contribution in [2.45, 2.75) is 13.3 Å². The quantitative estimate of drug-likeness (QED) is 0.244. The number of benzene rings is 3. The molecule has 0 saturated heterocycles. The topological polar surface area (TPSA) is 105 Å². The first-order valence-corrected chi connectivity index (χ1v) is 12.5. The van der Waals surface area contributed by atoms with Crippen molar-refractivity contribution in [2.24, 2.45) is 0 Å². The van der Waals surface area contributed by atoms with Gasteiger partial charge in [-0.15, -0.1) is 0 Å². The predicted molar refractivity (Wildman–Crippen MR) is 147 cm³/mol. The van der Waals surface area contributed by atoms with Gasteiger partial charge in [-0.3, -0.25) is 14.4 Å². The van der Waals surface area contributed by atoms with E-state index >= 15 is 0 Å². The zero-order valence-corrected chi connectivity index (χ0v) is 22.2. The molecule has 1 aliphatic heterocycles. The van der Waals surface area contributed by atoms with Crippen LogP contribution in [0, 0.1) is 0 Å². The number of rotatable bonds is 8. The molecule has 38 heavy (non-hydrogen) atoms. The number of hydrogen-bond donors (Lipinski definition) is 2. The number of anilines is 3. The SMILES string of the molecule is CCCOC(=O)c1ccc(N2C(=O)C(Cl)=C(Nc3cccc(C(=O)Nc4cc(Cl)cc(Cl)c4)c3)C2=O)cc1. The van der Waals surface area contributed by atoms with Gasteiger partial charge in [-0.1, -0.05) is 47.8 Å². The summed E-state index contributed by atoms with van der Waals surface area (Å²) < 4.78 is 5.09. The second-order valence-electron chi connectivity index (χ2n) is 8.14. The molecule has 0 spiro atoms. The Morgan fingerprint density at radius 3 is 2.18 bits per heavy atom. The summed E-state index contributed by atoms with van der Waals surface area (Å²) in [6.45, 7) is 2.17. The molecule has 1 aliphatic rings. The van der Waals surface area contributed by atoms with E-state index in [2.05, 4.69) is 10.6 Å². The molecule has 0 aromatic heterocycles. The minimum atomic E-state index is -0.729. The molecule has 4 rings (SSSR count). The van der Waals surface area contributed by atoms with Crippen molar-refractivity contribution in [1.29, 1.82) is 0 Å². The van der Waals surface area contributed by atoms with Gasteiger partial charge in [0.1, 0.15) is 10.7 Å². The standard InChI is InChI=1S/C27H20Cl3N3O5/c1-2-10-38-27(37)15-6-8-21(9-7-15)33-25(35)22(30)23(26(33)36)31-19-5-3-4-16(11-19)24(34)32-20-13-17(28)12-18(29)14-20/h3-9,11-14,31H,2,10H2,1H3,(H,32,34). The van der Waals surface area contributed by atoms with Crippen molar-refractivity contribution < 1.29 is 23.9 Å². The van der Waals surface area contributed by atoms with Crippen LogP contribution in [0.1, 0.15) is 34.1 Å². The van der Waals surface area contributed by atoms with Gasteiger partial charge in [-0.05, 0) is 67.1 Å². The summed E-state index contributed by atoms with van der Waals surface area (Å²) in [4.78, 5) is 51.6. The Labute approximate surface area is 233 Å². The summed E-state index contributed by atoms with van der Waals surface area (Å²) in [7, 11) is 0. The van der Waals surface area contributed by atoms with Gasteiger partial charge in [-0.2, -0.15) is 0 Å². The van der Waals surface area contributed by atoms with Crippen molar-refractivity contribution in [3.63, 3.8) is 0 Å². The molecule has 0 atom stereocenters. The minimum absolute atomic E-state index is 0.151. The summed E-state index contributed by atoms with van der Waals surface area (Å²) in [5.74, 6) is -2.37. The highest BCUT2D eigenvalue weighted by molar-refractivity contribution is 6.53. The number of hydrogen-bond acceptors (Lipinski definition) is 6. The van der Waals surface area contributed by atoms with E-state index in [1.54, 1.807) is 36.4 Å². The molecule has 0 saturated carbocycles. The van der Waals surface area contributed by atoms with Gasteiger partial charge in [0.15, 0.2) is 0 Å². The summed E-state index contributed by atoms with van der Waals surface area (Å²) in [5.41, 5.74) is 1.40. The van der Waals surface area contributed by atoms with Crippen LogP contribution in [0.5, 0.6) is 0 Å². The van der Waals surface area contributed by atoms with Crippen LogP contribution < -0.4 is 15.5 Å². The highest BCUT2D eigenvalue weighted by atomic mass is 35.5. The second-order valence-corrected chi connectivity index (χ2v) is 9.39. The molecular weight excluding hydrogens is 553 g/mol. The van der Waals surface area contributed by atoms with E-state index in [4.69, 9.17) is 39.5 Å². The number of ether oxygens (including phenoxy) is 1. The number of esters is 1. The Balaban J connectivity index is 1.49. The third kappa shape index (κ3) is 5.99. The third-order valence-electron chi connectivity index (χ3n) is 5.34. The highest BCUT2D eigenvalue weighted by Crippen LogP contribution is 2.31. The van der Waals surface area contributed by atoms with Crippen LogP contribution in [0.4, 0.5) is 17.1 Å². The van der Waals surface area contributed by atoms with Crippen LogP contribution in [0.3, 0.4) is 0 Å². The molecule has 194 valence electrons. The van der Waals surface area contributed by atoms with E-state index in [0.29, 0.717) is 27.8 Å². The first-order chi connectivity index (χ1) is 18.2. The normalized spacial score (nSPS) is 13.1. The third-order valence-corrected chi connectivity index (χ3v) is 6.13. The molecular formula is C27H20Cl3N3O5. The maximum absolute atomic E-state index is 13.1. The Bertz CT molecular complexity index is 1450. The lowest BCUT2D eigenvalue weighted by atomic mass is 10.1. The van der Waals surface area contributed by atoms with Gasteiger partial charge in [0, 0.05) is 27.0 Å². The fraction of sp³-hybridized carbons (Fsp3) is 0.111. The second kappa shape index (κ2) is 11.7. The first-order valence-electron chi connectivity index (χ1n) is 11.4. The van der Waals surface area contributed by atoms with Crippen molar-refractivity contribution >= 4 is 75.6 Å². The number of imide groups is 1. The zero-order valence-electron chi connectivity index (χ0n) is 19.9. The lowest BCUT2D eigenvalue weighted by Gasteiger charge is -2.15. The molecule has 1 heterocycles. The summed E-state index contributed by atoms with van der Waals surface area (Å²) >= 11 is 18.2. The largest absolute Gasteiger partial charge is 0.462 e. The molecule has 8 nitrogen and oxygen atoms in total. The molecule has 3 amide bonds. The molecule has 0 bridgehead atoms. The Morgan fingerprint density at radius 2 is 1.53 bits per heavy atom. The Morgan fingerprint density at radius 1 is 0.842 bits per heavy atom. The Kier molecular flexibility index (Phi) is 8.36. The molecule has 3 aromatic carbocycles. The average Bonchev–Trinajstić information content (AvgIpc) is 3.09.